The Morgan fingerprint density at radius 3 is 2.36 bits per heavy atom. The molecule has 124 valence electrons. The summed E-state index contributed by atoms with van der Waals surface area (Å²) < 4.78 is 32.3. The molecule has 0 atom stereocenters. The van der Waals surface area contributed by atoms with Gasteiger partial charge in [-0.2, -0.15) is 0 Å². The lowest BCUT2D eigenvalue weighted by atomic mass is 10.0. The van der Waals surface area contributed by atoms with Crippen molar-refractivity contribution in [2.75, 3.05) is 6.61 Å². The summed E-state index contributed by atoms with van der Waals surface area (Å²) in [5.41, 5.74) is 0. The van der Waals surface area contributed by atoms with Crippen molar-refractivity contribution in [3.05, 3.63) is 28.8 Å². The second-order valence-electron chi connectivity index (χ2n) is 6.87. The number of benzene rings is 1. The first-order valence-corrected chi connectivity index (χ1v) is 11.1. The van der Waals surface area contributed by atoms with Crippen LogP contribution in [0.3, 0.4) is 0 Å². The summed E-state index contributed by atoms with van der Waals surface area (Å²) >= 11 is 5.47. The minimum atomic E-state index is -0.763. The Morgan fingerprint density at radius 1 is 1.23 bits per heavy atom. The van der Waals surface area contributed by atoms with E-state index in [2.05, 4.69) is 13.8 Å². The standard InChI is InChI=1S/C17H25ClF2OSi/c1-12(2)3-6-22-7-4-13(5-8-22)11-21-14-9-15(19)17(18)16(20)10-14/h9-10,12-13,22H,3-8,11H2,1-2H3. The minimum Gasteiger partial charge on any atom is -0.493 e. The van der Waals surface area contributed by atoms with Crippen LogP contribution in [0.5, 0.6) is 5.75 Å². The van der Waals surface area contributed by atoms with Crippen LogP contribution in [0.25, 0.3) is 0 Å². The molecule has 0 bridgehead atoms. The molecule has 0 spiro atoms. The van der Waals surface area contributed by atoms with Crippen LogP contribution in [0.2, 0.25) is 23.2 Å². The predicted molar refractivity (Wildman–Crippen MR) is 90.6 cm³/mol. The number of rotatable bonds is 6. The van der Waals surface area contributed by atoms with Crippen molar-refractivity contribution in [1.29, 1.82) is 0 Å². The average molecular weight is 347 g/mol. The van der Waals surface area contributed by atoms with Gasteiger partial charge in [-0.25, -0.2) is 8.78 Å². The van der Waals surface area contributed by atoms with E-state index in [9.17, 15) is 8.78 Å². The molecule has 2 rings (SSSR count). The van der Waals surface area contributed by atoms with E-state index >= 15 is 0 Å². The van der Waals surface area contributed by atoms with Crippen molar-refractivity contribution in [3.8, 4) is 5.75 Å². The Morgan fingerprint density at radius 2 is 1.82 bits per heavy atom. The molecule has 0 N–H and O–H groups in total. The van der Waals surface area contributed by atoms with Crippen LogP contribution >= 0.6 is 11.6 Å². The first-order valence-electron chi connectivity index (χ1n) is 8.23. The van der Waals surface area contributed by atoms with Gasteiger partial charge in [-0.1, -0.05) is 50.0 Å². The highest BCUT2D eigenvalue weighted by Gasteiger charge is 2.23. The maximum Gasteiger partial charge on any atom is 0.148 e. The van der Waals surface area contributed by atoms with Gasteiger partial charge in [-0.15, -0.1) is 0 Å². The Hall–Kier alpha value is -0.613. The Bertz CT molecular complexity index is 465. The average Bonchev–Trinajstić information content (AvgIpc) is 2.49. The van der Waals surface area contributed by atoms with Crippen molar-refractivity contribution in [2.24, 2.45) is 11.8 Å². The van der Waals surface area contributed by atoms with Gasteiger partial charge < -0.3 is 4.74 Å². The number of hydrogen-bond donors (Lipinski definition) is 0. The fraction of sp³-hybridized carbons (Fsp3) is 0.647. The molecule has 0 amide bonds. The maximum atomic E-state index is 13.4. The summed E-state index contributed by atoms with van der Waals surface area (Å²) in [5, 5.41) is -0.469. The van der Waals surface area contributed by atoms with Gasteiger partial charge in [0.15, 0.2) is 0 Å². The highest BCUT2D eigenvalue weighted by molar-refractivity contribution is 6.58. The van der Waals surface area contributed by atoms with E-state index in [0.29, 0.717) is 12.5 Å². The molecule has 1 aromatic carbocycles. The molecule has 1 aliphatic heterocycles. The zero-order chi connectivity index (χ0) is 16.1. The third-order valence-corrected chi connectivity index (χ3v) is 8.37. The third kappa shape index (κ3) is 5.23. The molecule has 1 saturated heterocycles. The molecule has 1 aromatic rings. The zero-order valence-electron chi connectivity index (χ0n) is 13.4. The van der Waals surface area contributed by atoms with E-state index in [4.69, 9.17) is 16.3 Å². The highest BCUT2D eigenvalue weighted by atomic mass is 35.5. The van der Waals surface area contributed by atoms with Crippen LogP contribution in [-0.2, 0) is 0 Å². The van der Waals surface area contributed by atoms with Gasteiger partial charge in [0.25, 0.3) is 0 Å². The van der Waals surface area contributed by atoms with E-state index in [1.807, 2.05) is 0 Å². The van der Waals surface area contributed by atoms with E-state index in [1.165, 1.54) is 37.4 Å². The number of ether oxygens (including phenoxy) is 1. The molecule has 0 aliphatic carbocycles. The smallest absolute Gasteiger partial charge is 0.148 e. The monoisotopic (exact) mass is 346 g/mol. The Balaban J connectivity index is 1.75. The quantitative estimate of drug-likeness (QED) is 0.475. The molecule has 0 unspecified atom stereocenters. The summed E-state index contributed by atoms with van der Waals surface area (Å²) in [5.74, 6) is 0.0365. The van der Waals surface area contributed by atoms with Crippen molar-refractivity contribution in [2.45, 2.75) is 51.2 Å². The van der Waals surface area contributed by atoms with Gasteiger partial charge in [0, 0.05) is 20.9 Å². The zero-order valence-corrected chi connectivity index (χ0v) is 15.3. The number of hydrogen-bond acceptors (Lipinski definition) is 1. The first kappa shape index (κ1) is 17.7. The second kappa shape index (κ2) is 8.30. The van der Waals surface area contributed by atoms with Crippen LogP contribution in [0, 0.1) is 23.5 Å². The maximum absolute atomic E-state index is 13.4. The highest BCUT2D eigenvalue weighted by Crippen LogP contribution is 2.30. The lowest BCUT2D eigenvalue weighted by molar-refractivity contribution is 0.234. The Labute approximate surface area is 138 Å². The summed E-state index contributed by atoms with van der Waals surface area (Å²) in [4.78, 5) is 0. The largest absolute Gasteiger partial charge is 0.493 e. The summed E-state index contributed by atoms with van der Waals surface area (Å²) in [6.45, 7) is 5.13. The molecule has 1 heterocycles. The molecule has 0 saturated carbocycles. The first-order chi connectivity index (χ1) is 10.5. The molecule has 0 radical (unpaired) electrons. The fourth-order valence-electron chi connectivity index (χ4n) is 3.09. The normalized spacial score (nSPS) is 22.1. The summed E-state index contributed by atoms with van der Waals surface area (Å²) in [7, 11) is -0.536. The number of halogens is 3. The van der Waals surface area contributed by atoms with Crippen molar-refractivity contribution < 1.29 is 13.5 Å². The minimum absolute atomic E-state index is 0.235. The molecule has 1 fully saturated rings. The van der Waals surface area contributed by atoms with Crippen molar-refractivity contribution in [3.63, 3.8) is 0 Å². The van der Waals surface area contributed by atoms with Crippen molar-refractivity contribution >= 4 is 20.4 Å². The fourth-order valence-corrected chi connectivity index (χ4v) is 7.08. The molecule has 1 nitrogen and oxygen atoms in total. The van der Waals surface area contributed by atoms with Crippen LogP contribution in [0.1, 0.15) is 33.1 Å². The lowest BCUT2D eigenvalue weighted by Gasteiger charge is -2.28. The van der Waals surface area contributed by atoms with E-state index in [0.717, 1.165) is 18.1 Å². The van der Waals surface area contributed by atoms with Crippen molar-refractivity contribution in [1.82, 2.24) is 0 Å². The van der Waals surface area contributed by atoms with Gasteiger partial charge in [-0.05, 0) is 24.7 Å². The molecular weight excluding hydrogens is 322 g/mol. The van der Waals surface area contributed by atoms with Gasteiger partial charge in [0.1, 0.15) is 22.4 Å². The topological polar surface area (TPSA) is 9.23 Å². The molecule has 22 heavy (non-hydrogen) atoms. The van der Waals surface area contributed by atoms with Crippen LogP contribution in [0.15, 0.2) is 12.1 Å². The van der Waals surface area contributed by atoms with E-state index in [-0.39, 0.29) is 5.75 Å². The lowest BCUT2D eigenvalue weighted by Crippen LogP contribution is -2.25. The van der Waals surface area contributed by atoms with E-state index < -0.39 is 25.5 Å². The van der Waals surface area contributed by atoms with E-state index in [1.54, 1.807) is 0 Å². The second-order valence-corrected chi connectivity index (χ2v) is 10.7. The van der Waals surface area contributed by atoms with Gasteiger partial charge in [-0.3, -0.25) is 0 Å². The predicted octanol–water partition coefficient (Wildman–Crippen LogP) is 5.68. The van der Waals surface area contributed by atoms with Crippen LogP contribution in [-0.4, -0.2) is 15.4 Å². The SMILES string of the molecule is CC(C)CC[SiH]1CCC(COc2cc(F)c(Cl)c(F)c2)CC1. The molecular formula is C17H25ClF2OSi. The summed E-state index contributed by atoms with van der Waals surface area (Å²) in [6.07, 6.45) is 3.77. The van der Waals surface area contributed by atoms with Gasteiger partial charge in [0.2, 0.25) is 0 Å². The van der Waals surface area contributed by atoms with Gasteiger partial charge in [0.05, 0.1) is 6.61 Å². The molecule has 1 aliphatic rings. The Kier molecular flexibility index (Phi) is 6.69. The molecule has 5 heteroatoms. The summed E-state index contributed by atoms with van der Waals surface area (Å²) in [6, 6.07) is 6.54. The van der Waals surface area contributed by atoms with Crippen LogP contribution < -0.4 is 4.74 Å². The molecule has 0 aromatic heterocycles. The van der Waals surface area contributed by atoms with Crippen LogP contribution in [0.4, 0.5) is 8.78 Å². The third-order valence-electron chi connectivity index (χ3n) is 4.56. The van der Waals surface area contributed by atoms with Gasteiger partial charge >= 0.3 is 0 Å².